The molecule has 0 unspecified atom stereocenters. The van der Waals surface area contributed by atoms with Crippen molar-refractivity contribution in [3.63, 3.8) is 0 Å². The van der Waals surface area contributed by atoms with Gasteiger partial charge in [-0.1, -0.05) is 53.1 Å². The van der Waals surface area contributed by atoms with Crippen LogP contribution in [0.5, 0.6) is 0 Å². The summed E-state index contributed by atoms with van der Waals surface area (Å²) in [7, 11) is 0. The molecule has 10 rings (SSSR count). The van der Waals surface area contributed by atoms with Crippen LogP contribution in [0.15, 0.2) is 105 Å². The van der Waals surface area contributed by atoms with E-state index in [1.807, 2.05) is 34.0 Å². The summed E-state index contributed by atoms with van der Waals surface area (Å²) < 4.78 is 15.0. The summed E-state index contributed by atoms with van der Waals surface area (Å²) in [5.74, 6) is 0. The summed E-state index contributed by atoms with van der Waals surface area (Å²) in [6.07, 6.45) is 0. The SMILES string of the molecule is Cc1ccc(-n2c3cc(Br)sc3c3sc4cc5c(cc4c32)n(-c2ccc(C)cc2)c2c3sc(Br)cc3n(-c3ccc(C)cc3)c52)cc1. The fraction of sp³-hybridized carbons (Fsp3) is 0.0769. The van der Waals surface area contributed by atoms with Crippen molar-refractivity contribution in [1.29, 1.82) is 0 Å². The first-order chi connectivity index (χ1) is 22.8. The van der Waals surface area contributed by atoms with E-state index in [-0.39, 0.29) is 0 Å². The van der Waals surface area contributed by atoms with E-state index < -0.39 is 0 Å². The molecule has 0 atom stereocenters. The molecular weight excluding hydrogens is 766 g/mol. The highest BCUT2D eigenvalue weighted by Crippen LogP contribution is 2.50. The Bertz CT molecular complexity index is 2870. The molecule has 0 aliphatic carbocycles. The lowest BCUT2D eigenvalue weighted by Crippen LogP contribution is -1.94. The first-order valence-corrected chi connectivity index (χ1v) is 19.4. The number of fused-ring (bicyclic) bond motifs is 10. The van der Waals surface area contributed by atoms with Crippen molar-refractivity contribution >= 4 is 129 Å². The quantitative estimate of drug-likeness (QED) is 0.169. The molecule has 0 amide bonds. The number of thiophene rings is 3. The lowest BCUT2D eigenvalue weighted by molar-refractivity contribution is 1.17. The summed E-state index contributed by atoms with van der Waals surface area (Å²) in [5.41, 5.74) is 14.8. The van der Waals surface area contributed by atoms with Gasteiger partial charge in [0.05, 0.1) is 54.8 Å². The van der Waals surface area contributed by atoms with Gasteiger partial charge in [-0.15, -0.1) is 34.0 Å². The fourth-order valence-corrected chi connectivity index (χ4v) is 11.7. The molecule has 0 radical (unpaired) electrons. The molecule has 10 aromatic rings. The average molecular weight is 792 g/mol. The minimum Gasteiger partial charge on any atom is -0.307 e. The molecule has 4 aromatic carbocycles. The van der Waals surface area contributed by atoms with Crippen molar-refractivity contribution in [1.82, 2.24) is 13.7 Å². The minimum atomic E-state index is 1.14. The number of rotatable bonds is 3. The van der Waals surface area contributed by atoms with Crippen molar-refractivity contribution in [2.75, 3.05) is 0 Å². The Morgan fingerprint density at radius 3 is 1.45 bits per heavy atom. The lowest BCUT2D eigenvalue weighted by atomic mass is 10.1. The summed E-state index contributed by atoms with van der Waals surface area (Å²) in [6.45, 7) is 6.46. The maximum atomic E-state index is 3.84. The van der Waals surface area contributed by atoms with E-state index in [2.05, 4.69) is 163 Å². The number of aryl methyl sites for hydroxylation is 3. The van der Waals surface area contributed by atoms with E-state index in [9.17, 15) is 0 Å². The molecular formula is C39H25Br2N3S3. The Morgan fingerprint density at radius 1 is 0.426 bits per heavy atom. The number of hydrogen-bond acceptors (Lipinski definition) is 3. The molecule has 0 saturated heterocycles. The van der Waals surface area contributed by atoms with Crippen molar-refractivity contribution in [3.05, 3.63) is 121 Å². The van der Waals surface area contributed by atoms with Crippen LogP contribution in [-0.4, -0.2) is 13.7 Å². The van der Waals surface area contributed by atoms with Crippen LogP contribution in [0.25, 0.3) is 79.7 Å². The topological polar surface area (TPSA) is 14.8 Å². The van der Waals surface area contributed by atoms with Gasteiger partial charge in [0.2, 0.25) is 0 Å². The summed E-state index contributed by atoms with van der Waals surface area (Å²) in [5, 5.41) is 2.55. The Balaban J connectivity index is 1.41. The van der Waals surface area contributed by atoms with Crippen LogP contribution < -0.4 is 0 Å². The van der Waals surface area contributed by atoms with Gasteiger partial charge in [0, 0.05) is 32.5 Å². The number of aromatic nitrogens is 3. The smallest absolute Gasteiger partial charge is 0.0905 e. The second-order valence-electron chi connectivity index (χ2n) is 12.4. The number of nitrogens with zero attached hydrogens (tertiary/aromatic N) is 3. The van der Waals surface area contributed by atoms with E-state index in [4.69, 9.17) is 0 Å². The van der Waals surface area contributed by atoms with Gasteiger partial charge >= 0.3 is 0 Å². The van der Waals surface area contributed by atoms with Crippen molar-refractivity contribution in [2.45, 2.75) is 20.8 Å². The van der Waals surface area contributed by atoms with Crippen LogP contribution in [0.3, 0.4) is 0 Å². The zero-order valence-electron chi connectivity index (χ0n) is 25.6. The van der Waals surface area contributed by atoms with E-state index in [1.165, 1.54) is 96.4 Å². The van der Waals surface area contributed by atoms with Gasteiger partial charge in [0.15, 0.2) is 0 Å². The van der Waals surface area contributed by atoms with E-state index in [0.29, 0.717) is 0 Å². The zero-order valence-corrected chi connectivity index (χ0v) is 31.2. The van der Waals surface area contributed by atoms with Gasteiger partial charge in [-0.3, -0.25) is 0 Å². The van der Waals surface area contributed by atoms with E-state index >= 15 is 0 Å². The summed E-state index contributed by atoms with van der Waals surface area (Å²) in [4.78, 5) is 0. The molecule has 8 heteroatoms. The van der Waals surface area contributed by atoms with Gasteiger partial charge in [-0.05, 0) is 113 Å². The van der Waals surface area contributed by atoms with Crippen LogP contribution in [0.4, 0.5) is 0 Å². The normalized spacial score (nSPS) is 12.4. The maximum absolute atomic E-state index is 3.84. The Labute approximate surface area is 299 Å². The Morgan fingerprint density at radius 2 is 0.894 bits per heavy atom. The van der Waals surface area contributed by atoms with Crippen LogP contribution in [0.2, 0.25) is 0 Å². The van der Waals surface area contributed by atoms with Crippen molar-refractivity contribution < 1.29 is 0 Å². The van der Waals surface area contributed by atoms with Crippen LogP contribution in [0.1, 0.15) is 16.7 Å². The van der Waals surface area contributed by atoms with E-state index in [1.54, 1.807) is 0 Å². The van der Waals surface area contributed by atoms with Crippen molar-refractivity contribution in [3.8, 4) is 17.1 Å². The second kappa shape index (κ2) is 10.2. The van der Waals surface area contributed by atoms with Gasteiger partial charge in [0.1, 0.15) is 0 Å². The predicted molar refractivity (Wildman–Crippen MR) is 213 cm³/mol. The first kappa shape index (κ1) is 28.4. The van der Waals surface area contributed by atoms with Gasteiger partial charge in [-0.2, -0.15) is 0 Å². The monoisotopic (exact) mass is 789 g/mol. The maximum Gasteiger partial charge on any atom is 0.0905 e. The summed E-state index contributed by atoms with van der Waals surface area (Å²) >= 11 is 13.2. The van der Waals surface area contributed by atoms with E-state index in [0.717, 1.165) is 7.57 Å². The number of halogens is 2. The molecule has 0 aliphatic heterocycles. The Kier molecular flexibility index (Phi) is 6.14. The van der Waals surface area contributed by atoms with Crippen LogP contribution >= 0.6 is 65.9 Å². The highest BCUT2D eigenvalue weighted by atomic mass is 79.9. The van der Waals surface area contributed by atoms with Crippen LogP contribution in [0, 0.1) is 20.8 Å². The van der Waals surface area contributed by atoms with Gasteiger partial charge < -0.3 is 13.7 Å². The highest BCUT2D eigenvalue weighted by molar-refractivity contribution is 9.11. The molecule has 0 fully saturated rings. The molecule has 0 saturated carbocycles. The third-order valence-corrected chi connectivity index (χ3v) is 13.9. The van der Waals surface area contributed by atoms with Crippen molar-refractivity contribution in [2.24, 2.45) is 0 Å². The third kappa shape index (κ3) is 4.06. The molecule has 6 aromatic heterocycles. The molecule has 3 nitrogen and oxygen atoms in total. The minimum absolute atomic E-state index is 1.14. The molecule has 0 bridgehead atoms. The number of hydrogen-bond donors (Lipinski definition) is 0. The van der Waals surface area contributed by atoms with Crippen LogP contribution in [-0.2, 0) is 0 Å². The third-order valence-electron chi connectivity index (χ3n) is 9.32. The first-order valence-electron chi connectivity index (χ1n) is 15.4. The lowest BCUT2D eigenvalue weighted by Gasteiger charge is -2.10. The van der Waals surface area contributed by atoms with Gasteiger partial charge in [-0.25, -0.2) is 0 Å². The fourth-order valence-electron chi connectivity index (χ4n) is 7.15. The average Bonchev–Trinajstić information content (AvgIpc) is 3.87. The zero-order chi connectivity index (χ0) is 31.7. The Hall–Kier alpha value is -3.66. The molecule has 228 valence electrons. The molecule has 0 spiro atoms. The molecule has 6 heterocycles. The number of benzene rings is 4. The molecule has 0 aliphatic rings. The second-order valence-corrected chi connectivity index (χ2v) is 18.3. The highest BCUT2D eigenvalue weighted by Gasteiger charge is 2.26. The molecule has 47 heavy (non-hydrogen) atoms. The largest absolute Gasteiger partial charge is 0.307 e. The van der Waals surface area contributed by atoms with Gasteiger partial charge in [0.25, 0.3) is 0 Å². The summed E-state index contributed by atoms with van der Waals surface area (Å²) in [6, 6.07) is 36.3. The predicted octanol–water partition coefficient (Wildman–Crippen LogP) is 13.6. The molecule has 0 N–H and O–H groups in total. The standard InChI is InChI=1S/C39H25Br2N3S3/c1-20-4-10-23(11-5-20)42-28-16-27-31(45-39-35(27)44(25-14-8-22(3)9-15-25)30-19-33(41)47-38(30)39)17-26(28)34-36(42)37-29(18-32(40)46-37)43(34)24-12-6-21(2)7-13-24/h4-19H,1-3H3.